The van der Waals surface area contributed by atoms with E-state index in [-0.39, 0.29) is 10.7 Å². The third-order valence-corrected chi connectivity index (χ3v) is 3.23. The van der Waals surface area contributed by atoms with E-state index in [1.807, 2.05) is 13.2 Å². The summed E-state index contributed by atoms with van der Waals surface area (Å²) in [4.78, 5) is 13.5. The van der Waals surface area contributed by atoms with Crippen molar-refractivity contribution in [1.29, 1.82) is 0 Å². The summed E-state index contributed by atoms with van der Waals surface area (Å²) < 4.78 is 1.71. The van der Waals surface area contributed by atoms with E-state index >= 15 is 0 Å². The monoisotopic (exact) mass is 257 g/mol. The molecule has 4 nitrogen and oxygen atoms in total. The number of hydrogen-bond donors (Lipinski definition) is 0. The molecule has 1 aromatic rings. The lowest BCUT2D eigenvalue weighted by molar-refractivity contribution is -0.118. The van der Waals surface area contributed by atoms with Gasteiger partial charge in [-0.05, 0) is 12.8 Å². The van der Waals surface area contributed by atoms with Gasteiger partial charge in [0.1, 0.15) is 0 Å². The van der Waals surface area contributed by atoms with Gasteiger partial charge in [-0.25, -0.2) is 0 Å². The number of aromatic nitrogens is 2. The molecule has 1 aromatic heterocycles. The molecule has 5 heteroatoms. The predicted octanol–water partition coefficient (Wildman–Crippen LogP) is 1.31. The fourth-order valence-electron chi connectivity index (χ4n) is 1.64. The molecule has 1 aliphatic heterocycles. The maximum absolute atomic E-state index is 11.8. The molecule has 1 saturated heterocycles. The maximum Gasteiger partial charge on any atom is 0.240 e. The van der Waals surface area contributed by atoms with Crippen LogP contribution in [-0.4, -0.2) is 27.1 Å². The first-order valence-corrected chi connectivity index (χ1v) is 5.54. The van der Waals surface area contributed by atoms with Crippen LogP contribution in [0.3, 0.4) is 0 Å². The zero-order chi connectivity index (χ0) is 10.1. The highest BCUT2D eigenvalue weighted by Crippen LogP contribution is 2.23. The normalized spacial score (nSPS) is 22.9. The number of nitrogens with zero attached hydrogens (tertiary/aromatic N) is 3. The van der Waals surface area contributed by atoms with E-state index in [1.165, 1.54) is 0 Å². The highest BCUT2D eigenvalue weighted by atomic mass is 79.9. The number of carbonyl (C=O) groups is 1. The smallest absolute Gasteiger partial charge is 0.240 e. The largest absolute Gasteiger partial charge is 0.309 e. The number of alkyl halides is 1. The van der Waals surface area contributed by atoms with Crippen LogP contribution < -0.4 is 4.90 Å². The van der Waals surface area contributed by atoms with E-state index in [4.69, 9.17) is 0 Å². The van der Waals surface area contributed by atoms with Crippen molar-refractivity contribution in [2.45, 2.75) is 17.7 Å². The van der Waals surface area contributed by atoms with E-state index in [1.54, 1.807) is 15.8 Å². The van der Waals surface area contributed by atoms with Gasteiger partial charge < -0.3 is 4.90 Å². The average molecular weight is 258 g/mol. The van der Waals surface area contributed by atoms with Gasteiger partial charge in [-0.2, -0.15) is 5.10 Å². The lowest BCUT2D eigenvalue weighted by Crippen LogP contribution is -2.41. The molecule has 14 heavy (non-hydrogen) atoms. The van der Waals surface area contributed by atoms with Crippen molar-refractivity contribution < 1.29 is 4.79 Å². The summed E-state index contributed by atoms with van der Waals surface area (Å²) in [6, 6.07) is 0. The molecule has 2 rings (SSSR count). The Morgan fingerprint density at radius 1 is 1.64 bits per heavy atom. The molecule has 0 aliphatic carbocycles. The second-order valence-corrected chi connectivity index (χ2v) is 4.58. The molecule has 0 saturated carbocycles. The molecule has 0 spiro atoms. The Kier molecular flexibility index (Phi) is 2.58. The average Bonchev–Trinajstić information content (AvgIpc) is 2.57. The molecule has 1 atom stereocenters. The summed E-state index contributed by atoms with van der Waals surface area (Å²) in [6.45, 7) is 0.798. The van der Waals surface area contributed by atoms with Crippen molar-refractivity contribution >= 4 is 27.5 Å². The Bertz CT molecular complexity index is 350. The number of amides is 1. The van der Waals surface area contributed by atoms with Crippen molar-refractivity contribution in [3.63, 3.8) is 0 Å². The number of aryl methyl sites for hydroxylation is 1. The maximum atomic E-state index is 11.8. The van der Waals surface area contributed by atoms with Crippen LogP contribution in [0.15, 0.2) is 12.4 Å². The van der Waals surface area contributed by atoms with Crippen molar-refractivity contribution in [1.82, 2.24) is 9.78 Å². The first kappa shape index (κ1) is 9.71. The number of halogens is 1. The van der Waals surface area contributed by atoms with Crippen LogP contribution in [0.1, 0.15) is 12.8 Å². The van der Waals surface area contributed by atoms with Gasteiger partial charge in [-0.1, -0.05) is 15.9 Å². The molecular formula is C9H12BrN3O. The molecule has 1 aliphatic rings. The first-order valence-electron chi connectivity index (χ1n) is 4.62. The van der Waals surface area contributed by atoms with E-state index in [9.17, 15) is 4.79 Å². The van der Waals surface area contributed by atoms with Gasteiger partial charge in [0.15, 0.2) is 0 Å². The minimum Gasteiger partial charge on any atom is -0.309 e. The standard InChI is InChI=1S/C9H12BrN3O/c1-12-6-7(5-11-12)13-4-2-3-8(10)9(13)14/h5-6,8H,2-4H2,1H3/t8-/m0/s1. The summed E-state index contributed by atoms with van der Waals surface area (Å²) in [6.07, 6.45) is 5.55. The highest BCUT2D eigenvalue weighted by molar-refractivity contribution is 9.10. The minimum atomic E-state index is -0.0311. The summed E-state index contributed by atoms with van der Waals surface area (Å²) in [5.74, 6) is 0.143. The molecule has 0 N–H and O–H groups in total. The zero-order valence-corrected chi connectivity index (χ0v) is 9.57. The van der Waals surface area contributed by atoms with E-state index < -0.39 is 0 Å². The molecule has 0 unspecified atom stereocenters. The SMILES string of the molecule is Cn1cc(N2CCC[C@H](Br)C2=O)cn1. The van der Waals surface area contributed by atoms with Crippen LogP contribution in [-0.2, 0) is 11.8 Å². The Labute approximate surface area is 91.0 Å². The van der Waals surface area contributed by atoms with Gasteiger partial charge in [0.25, 0.3) is 0 Å². The lowest BCUT2D eigenvalue weighted by atomic mass is 10.1. The Hall–Kier alpha value is -0.840. The van der Waals surface area contributed by atoms with Crippen LogP contribution in [0.5, 0.6) is 0 Å². The molecule has 0 bridgehead atoms. The molecule has 2 heterocycles. The zero-order valence-electron chi connectivity index (χ0n) is 7.98. The third-order valence-electron chi connectivity index (χ3n) is 2.38. The predicted molar refractivity (Wildman–Crippen MR) is 57.5 cm³/mol. The summed E-state index contributed by atoms with van der Waals surface area (Å²) in [5.41, 5.74) is 0.890. The van der Waals surface area contributed by atoms with Crippen LogP contribution in [0, 0.1) is 0 Å². The van der Waals surface area contributed by atoms with Crippen molar-refractivity contribution in [2.75, 3.05) is 11.4 Å². The Balaban J connectivity index is 2.21. The quantitative estimate of drug-likeness (QED) is 0.712. The van der Waals surface area contributed by atoms with Crippen LogP contribution in [0.2, 0.25) is 0 Å². The van der Waals surface area contributed by atoms with Crippen molar-refractivity contribution in [3.8, 4) is 0 Å². The van der Waals surface area contributed by atoms with Crippen LogP contribution in [0.25, 0.3) is 0 Å². The van der Waals surface area contributed by atoms with Gasteiger partial charge in [0, 0.05) is 19.8 Å². The lowest BCUT2D eigenvalue weighted by Gasteiger charge is -2.28. The molecular weight excluding hydrogens is 246 g/mol. The van der Waals surface area contributed by atoms with Crippen LogP contribution >= 0.6 is 15.9 Å². The summed E-state index contributed by atoms with van der Waals surface area (Å²) in [7, 11) is 1.85. The summed E-state index contributed by atoms with van der Waals surface area (Å²) >= 11 is 3.38. The molecule has 1 amide bonds. The fraction of sp³-hybridized carbons (Fsp3) is 0.556. The molecule has 1 fully saturated rings. The topological polar surface area (TPSA) is 38.1 Å². The van der Waals surface area contributed by atoms with Crippen LogP contribution in [0.4, 0.5) is 5.69 Å². The third kappa shape index (κ3) is 1.68. The van der Waals surface area contributed by atoms with E-state index in [0.717, 1.165) is 25.1 Å². The number of piperidine rings is 1. The Morgan fingerprint density at radius 3 is 3.07 bits per heavy atom. The fourth-order valence-corrected chi connectivity index (χ4v) is 2.21. The van der Waals surface area contributed by atoms with E-state index in [0.29, 0.717) is 0 Å². The van der Waals surface area contributed by atoms with Crippen molar-refractivity contribution in [3.05, 3.63) is 12.4 Å². The molecule has 76 valence electrons. The molecule has 0 aromatic carbocycles. The molecule has 0 radical (unpaired) electrons. The Morgan fingerprint density at radius 2 is 2.43 bits per heavy atom. The minimum absolute atomic E-state index is 0.0311. The number of anilines is 1. The van der Waals surface area contributed by atoms with Gasteiger partial charge in [0.2, 0.25) is 5.91 Å². The number of carbonyl (C=O) groups excluding carboxylic acids is 1. The second-order valence-electron chi connectivity index (χ2n) is 3.47. The number of hydrogen-bond acceptors (Lipinski definition) is 2. The van der Waals surface area contributed by atoms with Gasteiger partial charge >= 0.3 is 0 Å². The van der Waals surface area contributed by atoms with Gasteiger partial charge in [-0.3, -0.25) is 9.48 Å². The highest BCUT2D eigenvalue weighted by Gasteiger charge is 2.27. The first-order chi connectivity index (χ1) is 6.68. The van der Waals surface area contributed by atoms with E-state index in [2.05, 4.69) is 21.0 Å². The second kappa shape index (κ2) is 3.73. The summed E-state index contributed by atoms with van der Waals surface area (Å²) in [5, 5.41) is 4.06. The number of rotatable bonds is 1. The van der Waals surface area contributed by atoms with Crippen molar-refractivity contribution in [2.24, 2.45) is 7.05 Å². The van der Waals surface area contributed by atoms with Gasteiger partial charge in [0.05, 0.1) is 16.7 Å². The van der Waals surface area contributed by atoms with Gasteiger partial charge in [-0.15, -0.1) is 0 Å².